The zero-order valence-corrected chi connectivity index (χ0v) is 27.1. The van der Waals surface area contributed by atoms with E-state index in [9.17, 15) is 18.0 Å². The number of amides is 3. The van der Waals surface area contributed by atoms with E-state index in [1.807, 2.05) is 6.92 Å². The maximum Gasteiger partial charge on any atom is 0.318 e. The van der Waals surface area contributed by atoms with Crippen molar-refractivity contribution in [2.24, 2.45) is 0 Å². The maximum absolute atomic E-state index is 14.8. The highest BCUT2D eigenvalue weighted by Gasteiger charge is 2.58. The van der Waals surface area contributed by atoms with Crippen molar-refractivity contribution in [1.29, 1.82) is 0 Å². The van der Waals surface area contributed by atoms with Crippen LogP contribution in [-0.2, 0) is 20.4 Å². The van der Waals surface area contributed by atoms with Gasteiger partial charge >= 0.3 is 6.03 Å². The fourth-order valence-electron chi connectivity index (χ4n) is 6.50. The number of carbonyl (C=O) groups excluding carboxylic acids is 2. The molecule has 10 nitrogen and oxygen atoms in total. The number of ether oxygens (including phenoxy) is 1. The molecule has 1 aromatic heterocycles. The molecule has 1 N–H and O–H groups in total. The number of fused-ring (bicyclic) bond motifs is 1. The average Bonchev–Trinajstić information content (AvgIpc) is 3.65. The van der Waals surface area contributed by atoms with Crippen LogP contribution in [0.5, 0.6) is 5.75 Å². The molecule has 2 aromatic carbocycles. The number of para-hydroxylation sites is 1. The molecule has 0 radical (unpaired) electrons. The highest BCUT2D eigenvalue weighted by molar-refractivity contribution is 7.93. The molecule has 2 fully saturated rings. The molecule has 3 aliphatic heterocycles. The van der Waals surface area contributed by atoms with E-state index in [0.29, 0.717) is 42.1 Å². The highest BCUT2D eigenvalue weighted by atomic mass is 35.5. The number of urea groups is 1. The number of likely N-dealkylation sites (tertiary alicyclic amines) is 1. The number of nitrogens with one attached hydrogen (secondary N) is 1. The van der Waals surface area contributed by atoms with Crippen molar-refractivity contribution in [2.45, 2.75) is 36.2 Å². The largest absolute Gasteiger partial charge is 0.493 e. The van der Waals surface area contributed by atoms with Crippen LogP contribution in [0.3, 0.4) is 0 Å². The van der Waals surface area contributed by atoms with Crippen molar-refractivity contribution in [3.63, 3.8) is 0 Å². The molecule has 3 aromatic rings. The Morgan fingerprint density at radius 2 is 1.77 bits per heavy atom. The minimum atomic E-state index is -4.32. The zero-order chi connectivity index (χ0) is 31.1. The van der Waals surface area contributed by atoms with Gasteiger partial charge in [0.2, 0.25) is 0 Å². The van der Waals surface area contributed by atoms with Gasteiger partial charge in [-0.3, -0.25) is 9.69 Å². The second kappa shape index (κ2) is 12.3. The van der Waals surface area contributed by atoms with Crippen LogP contribution in [0.4, 0.5) is 10.5 Å². The number of hydrogen-bond acceptors (Lipinski definition) is 8. The van der Waals surface area contributed by atoms with Crippen molar-refractivity contribution >= 4 is 50.6 Å². The third-order valence-electron chi connectivity index (χ3n) is 8.81. The number of halogens is 1. The molecule has 4 heterocycles. The third kappa shape index (κ3) is 5.36. The Morgan fingerprint density at radius 3 is 2.45 bits per heavy atom. The topological polar surface area (TPSA) is 102 Å². The number of hydrogen-bond donors (Lipinski definition) is 1. The minimum absolute atomic E-state index is 0.0120. The van der Waals surface area contributed by atoms with Gasteiger partial charge in [0.15, 0.2) is 5.54 Å². The van der Waals surface area contributed by atoms with Gasteiger partial charge in [0.1, 0.15) is 5.75 Å². The van der Waals surface area contributed by atoms with E-state index in [0.717, 1.165) is 43.3 Å². The van der Waals surface area contributed by atoms with Gasteiger partial charge in [-0.15, -0.1) is 0 Å². The molecule has 0 bridgehead atoms. The summed E-state index contributed by atoms with van der Waals surface area (Å²) in [5.41, 5.74) is -1.20. The molecule has 6 rings (SSSR count). The number of rotatable bonds is 7. The molecular formula is C31H36ClN5O5S2. The minimum Gasteiger partial charge on any atom is -0.493 e. The van der Waals surface area contributed by atoms with Gasteiger partial charge in [-0.1, -0.05) is 29.8 Å². The number of sulfonamides is 1. The Bertz CT molecular complexity index is 1640. The lowest BCUT2D eigenvalue weighted by Crippen LogP contribution is -2.61. The summed E-state index contributed by atoms with van der Waals surface area (Å²) in [6, 6.07) is 13.0. The molecule has 0 spiro atoms. The zero-order valence-electron chi connectivity index (χ0n) is 24.7. The van der Waals surface area contributed by atoms with Crippen molar-refractivity contribution < 1.29 is 22.7 Å². The van der Waals surface area contributed by atoms with Gasteiger partial charge in [0.05, 0.1) is 17.2 Å². The van der Waals surface area contributed by atoms with Crippen LogP contribution in [0, 0.1) is 0 Å². The van der Waals surface area contributed by atoms with Crippen LogP contribution in [0.15, 0.2) is 64.2 Å². The van der Waals surface area contributed by atoms with E-state index < -0.39 is 27.5 Å². The summed E-state index contributed by atoms with van der Waals surface area (Å²) in [5.74, 6) is -0.470. The van der Waals surface area contributed by atoms with Gasteiger partial charge in [-0.05, 0) is 75.6 Å². The quantitative estimate of drug-likeness (QED) is 0.406. The van der Waals surface area contributed by atoms with Gasteiger partial charge in [-0.2, -0.15) is 15.6 Å². The first-order chi connectivity index (χ1) is 21.2. The Hall–Kier alpha value is -3.16. The summed E-state index contributed by atoms with van der Waals surface area (Å²) >= 11 is 7.71. The fourth-order valence-corrected chi connectivity index (χ4v) is 9.15. The number of piperazine rings is 1. The molecule has 1 atom stereocenters. The van der Waals surface area contributed by atoms with Crippen LogP contribution in [0.25, 0.3) is 0 Å². The van der Waals surface area contributed by atoms with Crippen LogP contribution < -0.4 is 14.4 Å². The van der Waals surface area contributed by atoms with E-state index >= 15 is 0 Å². The molecule has 0 saturated carbocycles. The summed E-state index contributed by atoms with van der Waals surface area (Å²) in [7, 11) is -2.18. The first kappa shape index (κ1) is 30.8. The van der Waals surface area contributed by atoms with E-state index in [-0.39, 0.29) is 16.1 Å². The molecule has 3 aliphatic rings. The van der Waals surface area contributed by atoms with Gasteiger partial charge in [0.25, 0.3) is 15.9 Å². The summed E-state index contributed by atoms with van der Waals surface area (Å²) in [6.45, 7) is 6.64. The number of carbonyl (C=O) groups is 2. The summed E-state index contributed by atoms with van der Waals surface area (Å²) in [6.07, 6.45) is 2.20. The second-order valence-corrected chi connectivity index (χ2v) is 14.4. The van der Waals surface area contributed by atoms with Crippen LogP contribution >= 0.6 is 22.9 Å². The fraction of sp³-hybridized carbons (Fsp3) is 0.419. The van der Waals surface area contributed by atoms with Gasteiger partial charge < -0.3 is 19.9 Å². The normalized spacial score (nSPS) is 21.8. The molecule has 2 saturated heterocycles. The van der Waals surface area contributed by atoms with Crippen LogP contribution in [0.1, 0.15) is 30.9 Å². The van der Waals surface area contributed by atoms with E-state index in [1.165, 1.54) is 28.8 Å². The Labute approximate surface area is 267 Å². The number of anilines is 1. The van der Waals surface area contributed by atoms with Crippen molar-refractivity contribution in [2.75, 3.05) is 57.2 Å². The first-order valence-corrected chi connectivity index (χ1v) is 17.6. The van der Waals surface area contributed by atoms with Crippen molar-refractivity contribution in [3.05, 3.63) is 75.4 Å². The highest BCUT2D eigenvalue weighted by Crippen LogP contribution is 2.50. The number of thiophene rings is 1. The summed E-state index contributed by atoms with van der Waals surface area (Å²) in [5, 5.41) is 6.45. The lowest BCUT2D eigenvalue weighted by atomic mass is 9.83. The number of benzene rings is 2. The summed E-state index contributed by atoms with van der Waals surface area (Å²) < 4.78 is 34.7. The average molecular weight is 658 g/mol. The molecule has 0 aliphatic carbocycles. The van der Waals surface area contributed by atoms with Crippen molar-refractivity contribution in [1.82, 2.24) is 20.0 Å². The molecule has 44 heavy (non-hydrogen) atoms. The predicted octanol–water partition coefficient (Wildman–Crippen LogP) is 4.20. The monoisotopic (exact) mass is 657 g/mol. The smallest absolute Gasteiger partial charge is 0.318 e. The van der Waals surface area contributed by atoms with Gasteiger partial charge in [-0.25, -0.2) is 13.2 Å². The lowest BCUT2D eigenvalue weighted by Gasteiger charge is -2.43. The third-order valence-corrected chi connectivity index (χ3v) is 11.6. The van der Waals surface area contributed by atoms with Crippen LogP contribution in [-0.4, -0.2) is 94.0 Å². The predicted molar refractivity (Wildman–Crippen MR) is 171 cm³/mol. The van der Waals surface area contributed by atoms with E-state index in [4.69, 9.17) is 16.3 Å². The molecule has 13 heteroatoms. The Morgan fingerprint density at radius 1 is 1.05 bits per heavy atom. The Kier molecular flexibility index (Phi) is 8.64. The SMILES string of the molecule is CCOc1ccccc1C1(NC(=O)N2CCN(C3CCN(C)CC3)CC2)C(=O)N(S(=O)(=O)c2ccsc2)c2ccc(Cl)cc21. The van der Waals surface area contributed by atoms with E-state index in [2.05, 4.69) is 22.2 Å². The molecule has 234 valence electrons. The molecule has 1 unspecified atom stereocenters. The lowest BCUT2D eigenvalue weighted by molar-refractivity contribution is -0.121. The molecular weight excluding hydrogens is 622 g/mol. The van der Waals surface area contributed by atoms with Gasteiger partial charge in [0, 0.05) is 53.8 Å². The number of nitrogens with zero attached hydrogens (tertiary/aromatic N) is 4. The maximum atomic E-state index is 14.8. The van der Waals surface area contributed by atoms with Crippen LogP contribution in [0.2, 0.25) is 5.02 Å². The first-order valence-electron chi connectivity index (χ1n) is 14.8. The number of piperidine rings is 1. The molecule has 3 amide bonds. The van der Waals surface area contributed by atoms with E-state index in [1.54, 1.807) is 46.7 Å². The Balaban J connectivity index is 1.40. The summed E-state index contributed by atoms with van der Waals surface area (Å²) in [4.78, 5) is 35.4. The standard InChI is InChI=1S/C31H36ClN5O5S2/c1-3-42-28-7-5-4-6-25(28)31(33-30(39)36-17-15-35(16-18-36)23-10-13-34(2)14-11-23)26-20-22(32)8-9-27(26)37(29(31)38)44(40,41)24-12-19-43-21-24/h4-9,12,19-21,23H,3,10-11,13-18H2,1-2H3,(H,33,39). The second-order valence-electron chi connectivity index (χ2n) is 11.4. The van der Waals surface area contributed by atoms with Crippen molar-refractivity contribution in [3.8, 4) is 5.75 Å².